The van der Waals surface area contributed by atoms with Gasteiger partial charge in [0.15, 0.2) is 9.84 Å². The lowest BCUT2D eigenvalue weighted by molar-refractivity contribution is 0.325. The number of aromatic nitrogens is 2. The van der Waals surface area contributed by atoms with Gasteiger partial charge in [-0.2, -0.15) is 5.10 Å². The zero-order chi connectivity index (χ0) is 19.5. The monoisotopic (exact) mass is 413 g/mol. The van der Waals surface area contributed by atoms with Crippen LogP contribution in [0.1, 0.15) is 36.9 Å². The Morgan fingerprint density at radius 1 is 1.25 bits per heavy atom. The number of fused-ring (bicyclic) bond motifs is 3. The number of sulfone groups is 1. The minimum Gasteiger partial charge on any atom is -0.297 e. The molecule has 0 radical (unpaired) electrons. The summed E-state index contributed by atoms with van der Waals surface area (Å²) in [5.41, 5.74) is 3.25. The quantitative estimate of drug-likeness (QED) is 0.650. The van der Waals surface area contributed by atoms with Gasteiger partial charge in [-0.15, -0.1) is 11.3 Å². The summed E-state index contributed by atoms with van der Waals surface area (Å²) in [6, 6.07) is 10.3. The Morgan fingerprint density at radius 3 is 2.82 bits per heavy atom. The van der Waals surface area contributed by atoms with Crippen LogP contribution in [0.3, 0.4) is 0 Å². The third-order valence-electron chi connectivity index (χ3n) is 5.85. The van der Waals surface area contributed by atoms with Gasteiger partial charge in [0.05, 0.1) is 16.3 Å². The zero-order valence-corrected chi connectivity index (χ0v) is 17.6. The summed E-state index contributed by atoms with van der Waals surface area (Å²) in [6.07, 6.45) is 3.96. The van der Waals surface area contributed by atoms with Crippen molar-refractivity contribution in [2.24, 2.45) is 0 Å². The predicted octanol–water partition coefficient (Wildman–Crippen LogP) is 3.95. The summed E-state index contributed by atoms with van der Waals surface area (Å²) in [7, 11) is -3.26. The lowest BCUT2D eigenvalue weighted by Crippen LogP contribution is -2.25. The predicted molar refractivity (Wildman–Crippen MR) is 111 cm³/mol. The summed E-state index contributed by atoms with van der Waals surface area (Å²) in [4.78, 5) is 3.98. The summed E-state index contributed by atoms with van der Waals surface area (Å²) in [6.45, 7) is 6.31. The van der Waals surface area contributed by atoms with Crippen molar-refractivity contribution in [1.82, 2.24) is 14.7 Å². The Bertz CT molecular complexity index is 1120. The molecular formula is C21H23N3O2S2. The fourth-order valence-electron chi connectivity index (χ4n) is 4.45. The molecule has 5 nitrogen and oxygen atoms in total. The van der Waals surface area contributed by atoms with Crippen LogP contribution in [0, 0.1) is 0 Å². The van der Waals surface area contributed by atoms with Crippen LogP contribution in [0.2, 0.25) is 0 Å². The highest BCUT2D eigenvalue weighted by Gasteiger charge is 2.50. The molecule has 2 atom stereocenters. The van der Waals surface area contributed by atoms with E-state index in [2.05, 4.69) is 47.6 Å². The molecule has 1 aromatic carbocycles. The summed E-state index contributed by atoms with van der Waals surface area (Å²) in [5.74, 6) is 0.0556. The molecule has 7 heteroatoms. The van der Waals surface area contributed by atoms with E-state index < -0.39 is 9.84 Å². The minimum atomic E-state index is -3.26. The maximum Gasteiger partial charge on any atom is 0.183 e. The molecule has 146 valence electrons. The van der Waals surface area contributed by atoms with Gasteiger partial charge in [-0.25, -0.2) is 8.42 Å². The number of rotatable bonds is 4. The Labute approximate surface area is 169 Å². The molecule has 0 N–H and O–H groups in total. The molecule has 2 aliphatic rings. The maximum absolute atomic E-state index is 13.1. The second-order valence-corrected chi connectivity index (χ2v) is 11.1. The first-order chi connectivity index (χ1) is 13.4. The lowest BCUT2D eigenvalue weighted by Gasteiger charge is -2.16. The first-order valence-corrected chi connectivity index (χ1v) is 12.0. The highest BCUT2D eigenvalue weighted by Crippen LogP contribution is 2.46. The number of hydrogen-bond acceptors (Lipinski definition) is 5. The van der Waals surface area contributed by atoms with Crippen LogP contribution in [0.4, 0.5) is 0 Å². The van der Waals surface area contributed by atoms with Gasteiger partial charge in [-0.1, -0.05) is 12.1 Å². The number of likely N-dealkylation sites (tertiary alicyclic amines) is 1. The second-order valence-electron chi connectivity index (χ2n) is 8.04. The van der Waals surface area contributed by atoms with Gasteiger partial charge in [0.25, 0.3) is 0 Å². The first-order valence-electron chi connectivity index (χ1n) is 9.60. The molecule has 0 saturated carbocycles. The van der Waals surface area contributed by atoms with Gasteiger partial charge in [0.2, 0.25) is 0 Å². The van der Waals surface area contributed by atoms with Crippen LogP contribution in [-0.4, -0.2) is 41.4 Å². The van der Waals surface area contributed by atoms with E-state index in [1.807, 2.05) is 29.1 Å². The molecule has 2 aliphatic heterocycles. The molecule has 0 spiro atoms. The highest BCUT2D eigenvalue weighted by atomic mass is 32.2. The topological polar surface area (TPSA) is 55.2 Å². The van der Waals surface area contributed by atoms with E-state index in [1.165, 1.54) is 4.88 Å². The lowest BCUT2D eigenvalue weighted by atomic mass is 9.96. The largest absolute Gasteiger partial charge is 0.297 e. The third kappa shape index (κ3) is 2.84. The zero-order valence-electron chi connectivity index (χ0n) is 15.9. The average molecular weight is 414 g/mol. The molecule has 1 saturated heterocycles. The molecule has 3 aromatic rings. The van der Waals surface area contributed by atoms with Gasteiger partial charge >= 0.3 is 0 Å². The Hall–Kier alpha value is -1.96. The fraction of sp³-hybridized carbons (Fsp3) is 0.381. The number of nitrogens with zero attached hydrogens (tertiary/aromatic N) is 3. The average Bonchev–Trinajstić information content (AvgIpc) is 3.43. The fourth-order valence-corrected chi connectivity index (χ4v) is 7.37. The third-order valence-corrected chi connectivity index (χ3v) is 9.03. The number of hydrogen-bond donors (Lipinski definition) is 0. The summed E-state index contributed by atoms with van der Waals surface area (Å²) >= 11 is 1.68. The normalized spacial score (nSPS) is 23.2. The van der Waals surface area contributed by atoms with Gasteiger partial charge in [0, 0.05) is 48.2 Å². The van der Waals surface area contributed by atoms with Crippen molar-refractivity contribution in [3.63, 3.8) is 0 Å². The molecule has 0 bridgehead atoms. The van der Waals surface area contributed by atoms with E-state index in [1.54, 1.807) is 11.3 Å². The van der Waals surface area contributed by atoms with Crippen molar-refractivity contribution < 1.29 is 8.42 Å². The van der Waals surface area contributed by atoms with E-state index in [9.17, 15) is 8.42 Å². The Kier molecular flexibility index (Phi) is 4.23. The molecule has 0 amide bonds. The van der Waals surface area contributed by atoms with Gasteiger partial charge in [0.1, 0.15) is 0 Å². The molecule has 0 unspecified atom stereocenters. The van der Waals surface area contributed by atoms with Crippen LogP contribution < -0.4 is 0 Å². The van der Waals surface area contributed by atoms with E-state index in [0.29, 0.717) is 17.5 Å². The van der Waals surface area contributed by atoms with E-state index in [4.69, 9.17) is 0 Å². The molecule has 28 heavy (non-hydrogen) atoms. The van der Waals surface area contributed by atoms with Crippen LogP contribution in [0.15, 0.2) is 53.0 Å². The minimum absolute atomic E-state index is 0.0556. The van der Waals surface area contributed by atoms with Gasteiger partial charge < -0.3 is 0 Å². The maximum atomic E-state index is 13.1. The molecule has 4 heterocycles. The molecular weight excluding hydrogens is 390 g/mol. The van der Waals surface area contributed by atoms with Crippen molar-refractivity contribution >= 4 is 21.2 Å². The van der Waals surface area contributed by atoms with Crippen molar-refractivity contribution in [3.8, 4) is 10.4 Å². The molecule has 1 fully saturated rings. The van der Waals surface area contributed by atoms with Crippen molar-refractivity contribution in [1.29, 1.82) is 0 Å². The first kappa shape index (κ1) is 18.1. The highest BCUT2D eigenvalue weighted by molar-refractivity contribution is 7.92. The van der Waals surface area contributed by atoms with Crippen molar-refractivity contribution in [3.05, 3.63) is 59.2 Å². The van der Waals surface area contributed by atoms with Crippen LogP contribution in [0.5, 0.6) is 0 Å². The molecule has 5 rings (SSSR count). The van der Waals surface area contributed by atoms with E-state index in [-0.39, 0.29) is 11.2 Å². The number of thiophene rings is 1. The van der Waals surface area contributed by atoms with E-state index >= 15 is 0 Å². The summed E-state index contributed by atoms with van der Waals surface area (Å²) < 4.78 is 28.2. The molecule has 0 aliphatic carbocycles. The van der Waals surface area contributed by atoms with Gasteiger partial charge in [-0.05, 0) is 48.6 Å². The van der Waals surface area contributed by atoms with Gasteiger partial charge in [-0.3, -0.25) is 9.58 Å². The SMILES string of the molecule is CC(C)n1cc(CN2C[C@H]3c4cc(-c5cccs5)ccc4S(=O)(=O)[C@H]3C2)cn1. The Morgan fingerprint density at radius 2 is 2.11 bits per heavy atom. The van der Waals surface area contributed by atoms with E-state index in [0.717, 1.165) is 29.8 Å². The second kappa shape index (κ2) is 6.54. The van der Waals surface area contributed by atoms with Crippen LogP contribution in [-0.2, 0) is 16.4 Å². The molecule has 2 aromatic heterocycles. The standard InChI is InChI=1S/C21H23N3O2S2/c1-14(2)24-11-15(9-22-24)10-23-12-18-17-8-16(19-4-3-7-27-19)5-6-20(17)28(25,26)21(18)13-23/h3-9,11,14,18,21H,10,12-13H2,1-2H3/t18-,21-/m0/s1. The van der Waals surface area contributed by atoms with Crippen molar-refractivity contribution in [2.75, 3.05) is 13.1 Å². The Balaban J connectivity index is 1.43. The smallest absolute Gasteiger partial charge is 0.183 e. The van der Waals surface area contributed by atoms with Crippen LogP contribution in [0.25, 0.3) is 10.4 Å². The van der Waals surface area contributed by atoms with Crippen LogP contribution >= 0.6 is 11.3 Å². The summed E-state index contributed by atoms with van der Waals surface area (Å²) in [5, 5.41) is 6.13. The number of benzene rings is 1. The van der Waals surface area contributed by atoms with Crippen molar-refractivity contribution in [2.45, 2.75) is 42.5 Å².